The van der Waals surface area contributed by atoms with Crippen LogP contribution in [0.4, 0.5) is 0 Å². The number of hydrogen-bond acceptors (Lipinski definition) is 5. The molecule has 1 aliphatic carbocycles. The third kappa shape index (κ3) is 3.28. The van der Waals surface area contributed by atoms with Gasteiger partial charge in [0.2, 0.25) is 0 Å². The molecule has 1 saturated carbocycles. The molecular formula is C21H25N5O3. The normalized spacial score (nSPS) is 16.1. The van der Waals surface area contributed by atoms with Crippen molar-refractivity contribution < 1.29 is 9.90 Å². The van der Waals surface area contributed by atoms with E-state index in [-0.39, 0.29) is 11.2 Å². The number of aromatic hydroxyl groups is 1. The largest absolute Gasteiger partial charge is 0.503 e. The highest BCUT2D eigenvalue weighted by Gasteiger charge is 2.36. The summed E-state index contributed by atoms with van der Waals surface area (Å²) in [7, 11) is 1.43. The minimum atomic E-state index is -0.762. The molecule has 3 aromatic rings. The first-order valence-electron chi connectivity index (χ1n) is 9.91. The first kappa shape index (κ1) is 19.2. The number of pyridine rings is 1. The number of hydrogen-bond donors (Lipinski definition) is 2. The molecule has 4 rings (SSSR count). The zero-order valence-corrected chi connectivity index (χ0v) is 16.7. The number of rotatable bonds is 4. The van der Waals surface area contributed by atoms with Gasteiger partial charge in [-0.15, -0.1) is 0 Å². The molecule has 0 spiro atoms. The molecule has 8 nitrogen and oxygen atoms in total. The fourth-order valence-electron chi connectivity index (χ4n) is 4.44. The van der Waals surface area contributed by atoms with Crippen molar-refractivity contribution in [3.63, 3.8) is 0 Å². The van der Waals surface area contributed by atoms with E-state index in [4.69, 9.17) is 0 Å². The van der Waals surface area contributed by atoms with Crippen LogP contribution in [0.25, 0.3) is 11.0 Å². The summed E-state index contributed by atoms with van der Waals surface area (Å²) in [5, 5.41) is 17.9. The maximum Gasteiger partial charge on any atom is 0.275 e. The molecule has 0 aliphatic heterocycles. The molecule has 0 atom stereocenters. The predicted octanol–water partition coefficient (Wildman–Crippen LogP) is 2.33. The third-order valence-corrected chi connectivity index (χ3v) is 5.90. The molecule has 1 aliphatic rings. The van der Waals surface area contributed by atoms with E-state index < -0.39 is 17.1 Å². The Morgan fingerprint density at radius 3 is 2.76 bits per heavy atom. The minimum absolute atomic E-state index is 0.298. The van der Waals surface area contributed by atoms with Gasteiger partial charge in [-0.25, -0.2) is 4.98 Å². The van der Waals surface area contributed by atoms with Crippen molar-refractivity contribution in [2.75, 3.05) is 7.05 Å². The van der Waals surface area contributed by atoms with Gasteiger partial charge in [0.25, 0.3) is 11.3 Å². The van der Waals surface area contributed by atoms with Gasteiger partial charge in [0.05, 0.1) is 18.3 Å². The lowest BCUT2D eigenvalue weighted by molar-refractivity contribution is 0.0950. The van der Waals surface area contributed by atoms with Crippen molar-refractivity contribution in [2.24, 2.45) is 0 Å². The van der Waals surface area contributed by atoms with Gasteiger partial charge in [-0.2, -0.15) is 5.10 Å². The quantitative estimate of drug-likeness (QED) is 0.706. The summed E-state index contributed by atoms with van der Waals surface area (Å²) in [5.41, 5.74) is 0.712. The van der Waals surface area contributed by atoms with Gasteiger partial charge in [-0.3, -0.25) is 14.3 Å². The van der Waals surface area contributed by atoms with Crippen molar-refractivity contribution in [1.82, 2.24) is 24.6 Å². The fourth-order valence-corrected chi connectivity index (χ4v) is 4.44. The van der Waals surface area contributed by atoms with Crippen LogP contribution in [0.5, 0.6) is 5.75 Å². The van der Waals surface area contributed by atoms with Crippen LogP contribution in [-0.2, 0) is 12.1 Å². The lowest BCUT2D eigenvalue weighted by atomic mass is 9.81. The summed E-state index contributed by atoms with van der Waals surface area (Å²) in [6.45, 7) is 2.51. The maximum absolute atomic E-state index is 12.1. The molecule has 2 N–H and O–H groups in total. The minimum Gasteiger partial charge on any atom is -0.503 e. The van der Waals surface area contributed by atoms with Gasteiger partial charge in [0.1, 0.15) is 5.65 Å². The van der Waals surface area contributed by atoms with E-state index in [9.17, 15) is 14.7 Å². The Balaban J connectivity index is 1.84. The second-order valence-corrected chi connectivity index (χ2v) is 7.81. The van der Waals surface area contributed by atoms with Gasteiger partial charge in [-0.1, -0.05) is 19.3 Å². The average molecular weight is 395 g/mol. The Morgan fingerprint density at radius 1 is 1.28 bits per heavy atom. The number of nitrogens with one attached hydrogen (secondary N) is 1. The SMILES string of the molecule is CNC(=O)c1nn(CC2(n3cc(C)c4cccnc43)CCCCC2)cc(O)c1=O. The van der Waals surface area contributed by atoms with E-state index in [1.165, 1.54) is 24.3 Å². The van der Waals surface area contributed by atoms with E-state index >= 15 is 0 Å². The number of nitrogens with zero attached hydrogens (tertiary/aromatic N) is 4. The number of fused-ring (bicyclic) bond motifs is 1. The second-order valence-electron chi connectivity index (χ2n) is 7.81. The summed E-state index contributed by atoms with van der Waals surface area (Å²) in [6.07, 6.45) is 10.4. The van der Waals surface area contributed by atoms with Crippen molar-refractivity contribution in [3.8, 4) is 5.75 Å². The predicted molar refractivity (Wildman–Crippen MR) is 109 cm³/mol. The summed E-state index contributed by atoms with van der Waals surface area (Å²) in [4.78, 5) is 28.8. The summed E-state index contributed by atoms with van der Waals surface area (Å²) < 4.78 is 3.75. The van der Waals surface area contributed by atoms with Crippen molar-refractivity contribution in [2.45, 2.75) is 51.1 Å². The second kappa shape index (κ2) is 7.35. The number of carbonyl (C=O) groups excluding carboxylic acids is 1. The molecule has 3 heterocycles. The van der Waals surface area contributed by atoms with Crippen LogP contribution < -0.4 is 10.7 Å². The van der Waals surface area contributed by atoms with Gasteiger partial charge in [0, 0.05) is 24.8 Å². The van der Waals surface area contributed by atoms with Crippen LogP contribution in [0.3, 0.4) is 0 Å². The van der Waals surface area contributed by atoms with Crippen molar-refractivity contribution >= 4 is 16.9 Å². The first-order valence-corrected chi connectivity index (χ1v) is 9.91. The van der Waals surface area contributed by atoms with Crippen LogP contribution >= 0.6 is 0 Å². The summed E-state index contributed by atoms with van der Waals surface area (Å²) in [6, 6.07) is 4.00. The Labute approximate surface area is 168 Å². The van der Waals surface area contributed by atoms with Crippen molar-refractivity contribution in [1.29, 1.82) is 0 Å². The number of carbonyl (C=O) groups is 1. The first-order chi connectivity index (χ1) is 13.9. The monoisotopic (exact) mass is 395 g/mol. The van der Waals surface area contributed by atoms with Gasteiger partial charge in [0.15, 0.2) is 11.4 Å². The Morgan fingerprint density at radius 2 is 2.03 bits per heavy atom. The number of aryl methyl sites for hydroxylation is 1. The zero-order valence-electron chi connectivity index (χ0n) is 16.7. The molecule has 1 fully saturated rings. The topological polar surface area (TPSA) is 102 Å². The maximum atomic E-state index is 12.1. The molecule has 0 radical (unpaired) electrons. The van der Waals surface area contributed by atoms with Crippen LogP contribution in [-0.4, -0.2) is 37.4 Å². The van der Waals surface area contributed by atoms with E-state index in [0.29, 0.717) is 6.54 Å². The highest BCUT2D eigenvalue weighted by atomic mass is 16.3. The van der Waals surface area contributed by atoms with E-state index in [2.05, 4.69) is 39.2 Å². The number of aromatic nitrogens is 4. The van der Waals surface area contributed by atoms with Crippen LogP contribution in [0.15, 0.2) is 35.5 Å². The smallest absolute Gasteiger partial charge is 0.275 e. The Kier molecular flexibility index (Phi) is 4.86. The highest BCUT2D eigenvalue weighted by Crippen LogP contribution is 2.39. The fraction of sp³-hybridized carbons (Fsp3) is 0.429. The lowest BCUT2D eigenvalue weighted by Gasteiger charge is -2.39. The van der Waals surface area contributed by atoms with Crippen LogP contribution in [0, 0.1) is 6.92 Å². The standard InChI is InChI=1S/C21H25N5O3/c1-14-11-26(19-15(14)7-6-10-23-19)21(8-4-3-5-9-21)13-25-12-16(27)18(28)17(24-25)20(29)22-2/h6-7,10-12,27H,3-5,8-9,13H2,1-2H3,(H,22,29). The van der Waals surface area contributed by atoms with E-state index in [1.807, 2.05) is 6.07 Å². The van der Waals surface area contributed by atoms with E-state index in [0.717, 1.165) is 42.3 Å². The lowest BCUT2D eigenvalue weighted by Crippen LogP contribution is -2.41. The molecule has 3 aromatic heterocycles. The molecule has 29 heavy (non-hydrogen) atoms. The summed E-state index contributed by atoms with van der Waals surface area (Å²) >= 11 is 0. The van der Waals surface area contributed by atoms with Crippen molar-refractivity contribution in [3.05, 3.63) is 52.2 Å². The Hall–Kier alpha value is -3.16. The Bertz CT molecular complexity index is 1130. The molecule has 1 amide bonds. The van der Waals surface area contributed by atoms with Crippen LogP contribution in [0.2, 0.25) is 0 Å². The molecule has 152 valence electrons. The highest BCUT2D eigenvalue weighted by molar-refractivity contribution is 5.92. The van der Waals surface area contributed by atoms with Gasteiger partial charge >= 0.3 is 0 Å². The molecule has 0 saturated heterocycles. The zero-order chi connectivity index (χ0) is 20.6. The molecule has 8 heteroatoms. The molecule has 0 aromatic carbocycles. The van der Waals surface area contributed by atoms with Crippen LogP contribution in [0.1, 0.15) is 48.2 Å². The molecule has 0 bridgehead atoms. The average Bonchev–Trinajstić information content (AvgIpc) is 3.08. The van der Waals surface area contributed by atoms with E-state index in [1.54, 1.807) is 6.20 Å². The number of amides is 1. The third-order valence-electron chi connectivity index (χ3n) is 5.90. The molecular weight excluding hydrogens is 370 g/mol. The van der Waals surface area contributed by atoms with Gasteiger partial charge < -0.3 is 15.0 Å². The molecule has 0 unspecified atom stereocenters. The summed E-state index contributed by atoms with van der Waals surface area (Å²) in [5.74, 6) is -1.09. The van der Waals surface area contributed by atoms with Gasteiger partial charge in [-0.05, 0) is 37.5 Å².